The molecule has 0 bridgehead atoms. The summed E-state index contributed by atoms with van der Waals surface area (Å²) >= 11 is 1.73. The van der Waals surface area contributed by atoms with Crippen LogP contribution in [0.15, 0.2) is 6.07 Å². The van der Waals surface area contributed by atoms with Gasteiger partial charge in [0, 0.05) is 28.8 Å². The van der Waals surface area contributed by atoms with Crippen LogP contribution in [0.25, 0.3) is 0 Å². The molecule has 0 radical (unpaired) electrons. The van der Waals surface area contributed by atoms with Gasteiger partial charge in [-0.2, -0.15) is 0 Å². The molecule has 21 heavy (non-hydrogen) atoms. The van der Waals surface area contributed by atoms with Crippen molar-refractivity contribution in [3.8, 4) is 0 Å². The minimum atomic E-state index is -0.794. The maximum absolute atomic E-state index is 12.1. The Kier molecular flexibility index (Phi) is 4.56. The molecule has 116 valence electrons. The first-order valence-electron chi connectivity index (χ1n) is 7.14. The van der Waals surface area contributed by atoms with E-state index in [9.17, 15) is 9.59 Å². The number of aryl methyl sites for hydroxylation is 2. The average molecular weight is 310 g/mol. The van der Waals surface area contributed by atoms with Gasteiger partial charge in [-0.3, -0.25) is 4.79 Å². The summed E-state index contributed by atoms with van der Waals surface area (Å²) in [4.78, 5) is 27.2. The van der Waals surface area contributed by atoms with Crippen molar-refractivity contribution >= 4 is 23.3 Å². The number of rotatable bonds is 4. The maximum atomic E-state index is 12.1. The summed E-state index contributed by atoms with van der Waals surface area (Å²) in [6.07, 6.45) is 0. The molecule has 2 unspecified atom stereocenters. The van der Waals surface area contributed by atoms with E-state index in [2.05, 4.69) is 25.2 Å². The third-order valence-corrected chi connectivity index (χ3v) is 5.16. The zero-order valence-corrected chi connectivity index (χ0v) is 13.7. The molecule has 0 spiro atoms. The summed E-state index contributed by atoms with van der Waals surface area (Å²) in [6, 6.07) is 1.97. The van der Waals surface area contributed by atoms with Gasteiger partial charge in [0.05, 0.1) is 12.0 Å². The zero-order valence-electron chi connectivity index (χ0n) is 12.8. The molecule has 0 aliphatic carbocycles. The molecule has 0 saturated carbocycles. The molecule has 2 atom stereocenters. The molecule has 1 aromatic heterocycles. The molecule has 2 amide bonds. The highest BCUT2D eigenvalue weighted by molar-refractivity contribution is 7.12. The molecule has 1 aliphatic heterocycles. The minimum absolute atomic E-state index is 0.0293. The van der Waals surface area contributed by atoms with Crippen molar-refractivity contribution in [1.29, 1.82) is 0 Å². The Morgan fingerprint density at radius 2 is 2.00 bits per heavy atom. The first kappa shape index (κ1) is 15.8. The lowest BCUT2D eigenvalue weighted by Gasteiger charge is -2.41. The fraction of sp³-hybridized carbons (Fsp3) is 0.600. The zero-order chi connectivity index (χ0) is 15.7. The minimum Gasteiger partial charge on any atom is -0.481 e. The van der Waals surface area contributed by atoms with Crippen molar-refractivity contribution in [3.05, 3.63) is 21.4 Å². The number of amides is 2. The molecular formula is C15H22N2O3S. The molecular weight excluding hydrogens is 288 g/mol. The van der Waals surface area contributed by atoms with E-state index in [1.54, 1.807) is 23.2 Å². The highest BCUT2D eigenvalue weighted by Gasteiger charge is 2.37. The van der Waals surface area contributed by atoms with Gasteiger partial charge in [0.1, 0.15) is 0 Å². The van der Waals surface area contributed by atoms with Crippen LogP contribution < -0.4 is 5.32 Å². The van der Waals surface area contributed by atoms with Crippen molar-refractivity contribution in [2.45, 2.75) is 33.7 Å². The number of carbonyl (C=O) groups is 2. The quantitative estimate of drug-likeness (QED) is 0.898. The molecule has 0 aromatic carbocycles. The number of carboxylic acid groups (broad SMARTS) is 1. The number of nitrogens with one attached hydrogen (secondary N) is 1. The molecule has 2 N–H and O–H groups in total. The molecule has 1 fully saturated rings. The molecule has 2 rings (SSSR count). The Morgan fingerprint density at radius 3 is 2.48 bits per heavy atom. The molecule has 5 nitrogen and oxygen atoms in total. The van der Waals surface area contributed by atoms with E-state index in [4.69, 9.17) is 5.11 Å². The number of likely N-dealkylation sites (tertiary alicyclic amines) is 1. The van der Waals surface area contributed by atoms with Gasteiger partial charge in [0.15, 0.2) is 0 Å². The Morgan fingerprint density at radius 1 is 1.38 bits per heavy atom. The number of hydrogen-bond donors (Lipinski definition) is 2. The van der Waals surface area contributed by atoms with Crippen LogP contribution in [0.2, 0.25) is 0 Å². The number of aliphatic carboxylic acids is 1. The van der Waals surface area contributed by atoms with Crippen LogP contribution in [0.4, 0.5) is 4.79 Å². The molecule has 6 heteroatoms. The van der Waals surface area contributed by atoms with E-state index in [0.29, 0.717) is 13.1 Å². The van der Waals surface area contributed by atoms with Gasteiger partial charge < -0.3 is 15.3 Å². The summed E-state index contributed by atoms with van der Waals surface area (Å²) in [5.74, 6) is -1.13. The third kappa shape index (κ3) is 3.37. The predicted octanol–water partition coefficient (Wildman–Crippen LogP) is 2.79. The van der Waals surface area contributed by atoms with Gasteiger partial charge in [-0.15, -0.1) is 11.3 Å². The van der Waals surface area contributed by atoms with Crippen LogP contribution in [0.5, 0.6) is 0 Å². The topological polar surface area (TPSA) is 69.6 Å². The van der Waals surface area contributed by atoms with E-state index in [1.165, 1.54) is 9.75 Å². The van der Waals surface area contributed by atoms with Gasteiger partial charge in [-0.1, -0.05) is 6.92 Å². The number of thiophene rings is 1. The number of hydrogen-bond acceptors (Lipinski definition) is 3. The Hall–Kier alpha value is -1.56. The summed E-state index contributed by atoms with van der Waals surface area (Å²) in [7, 11) is 0. The second kappa shape index (κ2) is 6.05. The normalized spacial score (nSPS) is 18.0. The van der Waals surface area contributed by atoms with Crippen molar-refractivity contribution < 1.29 is 14.7 Å². The highest BCUT2D eigenvalue weighted by atomic mass is 32.1. The fourth-order valence-corrected chi connectivity index (χ4v) is 3.65. The lowest BCUT2D eigenvalue weighted by molar-refractivity contribution is -0.144. The standard InChI is InChI=1S/C15H22N2O3S/c1-8-5-13(11(4)21-8)10(3)16-15(20)17-6-12(7-17)9(2)14(18)19/h5,9-10,12H,6-7H2,1-4H3,(H,16,20)(H,18,19). The van der Waals surface area contributed by atoms with Crippen LogP contribution in [-0.2, 0) is 4.79 Å². The van der Waals surface area contributed by atoms with Crippen LogP contribution in [-0.4, -0.2) is 35.1 Å². The molecule has 1 aromatic rings. The number of carboxylic acids is 1. The van der Waals surface area contributed by atoms with Crippen molar-refractivity contribution in [2.75, 3.05) is 13.1 Å². The van der Waals surface area contributed by atoms with Crippen LogP contribution in [0, 0.1) is 25.7 Å². The first-order valence-corrected chi connectivity index (χ1v) is 7.96. The number of carbonyl (C=O) groups excluding carboxylic acids is 1. The highest BCUT2D eigenvalue weighted by Crippen LogP contribution is 2.28. The fourth-order valence-electron chi connectivity index (χ4n) is 2.63. The van der Waals surface area contributed by atoms with E-state index in [1.807, 2.05) is 6.92 Å². The van der Waals surface area contributed by atoms with E-state index < -0.39 is 11.9 Å². The third-order valence-electron chi connectivity index (χ3n) is 4.18. The van der Waals surface area contributed by atoms with Crippen LogP contribution >= 0.6 is 11.3 Å². The lowest BCUT2D eigenvalue weighted by Crippen LogP contribution is -2.56. The smallest absolute Gasteiger partial charge is 0.317 e. The SMILES string of the molecule is Cc1cc(C(C)NC(=O)N2CC(C(C)C(=O)O)C2)c(C)s1. The van der Waals surface area contributed by atoms with Crippen molar-refractivity contribution in [3.63, 3.8) is 0 Å². The number of nitrogens with zero attached hydrogens (tertiary/aromatic N) is 1. The van der Waals surface area contributed by atoms with Crippen molar-refractivity contribution in [1.82, 2.24) is 10.2 Å². The largest absolute Gasteiger partial charge is 0.481 e. The average Bonchev–Trinajstić information content (AvgIpc) is 2.66. The summed E-state index contributed by atoms with van der Waals surface area (Å²) in [6.45, 7) is 8.83. The summed E-state index contributed by atoms with van der Waals surface area (Å²) in [5, 5.41) is 11.9. The monoisotopic (exact) mass is 310 g/mol. The summed E-state index contributed by atoms with van der Waals surface area (Å²) < 4.78 is 0. The Labute approximate surface area is 129 Å². The van der Waals surface area contributed by atoms with Crippen LogP contribution in [0.1, 0.15) is 35.2 Å². The van der Waals surface area contributed by atoms with Gasteiger partial charge in [-0.25, -0.2) is 4.79 Å². The predicted molar refractivity (Wildman–Crippen MR) is 82.6 cm³/mol. The molecule has 1 aliphatic rings. The second-order valence-electron chi connectivity index (χ2n) is 5.83. The Balaban J connectivity index is 1.86. The molecule has 1 saturated heterocycles. The van der Waals surface area contributed by atoms with Crippen LogP contribution in [0.3, 0.4) is 0 Å². The maximum Gasteiger partial charge on any atom is 0.317 e. The van der Waals surface area contributed by atoms with Crippen molar-refractivity contribution in [2.24, 2.45) is 11.8 Å². The van der Waals surface area contributed by atoms with Gasteiger partial charge in [0.25, 0.3) is 0 Å². The molecule has 2 heterocycles. The van der Waals surface area contributed by atoms with Gasteiger partial charge in [0.2, 0.25) is 0 Å². The van der Waals surface area contributed by atoms with E-state index >= 15 is 0 Å². The van der Waals surface area contributed by atoms with E-state index in [0.717, 1.165) is 5.56 Å². The summed E-state index contributed by atoms with van der Waals surface area (Å²) in [5.41, 5.74) is 1.15. The first-order chi connectivity index (χ1) is 9.79. The Bertz CT molecular complexity index is 549. The lowest BCUT2D eigenvalue weighted by atomic mass is 9.87. The second-order valence-corrected chi connectivity index (χ2v) is 7.29. The van der Waals surface area contributed by atoms with Gasteiger partial charge >= 0.3 is 12.0 Å². The van der Waals surface area contributed by atoms with Gasteiger partial charge in [-0.05, 0) is 32.4 Å². The van der Waals surface area contributed by atoms with E-state index in [-0.39, 0.29) is 18.0 Å². The number of urea groups is 1.